The summed E-state index contributed by atoms with van der Waals surface area (Å²) in [6.07, 6.45) is 5.44. The highest BCUT2D eigenvalue weighted by Crippen LogP contribution is 2.37. The zero-order valence-corrected chi connectivity index (χ0v) is 14.5. The van der Waals surface area contributed by atoms with Gasteiger partial charge in [0.25, 0.3) is 0 Å². The van der Waals surface area contributed by atoms with Crippen molar-refractivity contribution in [2.45, 2.75) is 45.3 Å². The number of hydrogen-bond acceptors (Lipinski definition) is 3. The summed E-state index contributed by atoms with van der Waals surface area (Å²) in [5.41, 5.74) is 3.97. The predicted molar refractivity (Wildman–Crippen MR) is 92.5 cm³/mol. The van der Waals surface area contributed by atoms with Crippen molar-refractivity contribution >= 4 is 5.91 Å². The first-order chi connectivity index (χ1) is 12.1. The molecule has 6 heteroatoms. The topological polar surface area (TPSA) is 50.2 Å². The van der Waals surface area contributed by atoms with Gasteiger partial charge in [-0.1, -0.05) is 12.1 Å². The number of benzene rings is 1. The molecule has 0 bridgehead atoms. The average Bonchev–Trinajstić information content (AvgIpc) is 3.35. The smallest absolute Gasteiger partial charge is 0.234 e. The van der Waals surface area contributed by atoms with E-state index in [1.54, 1.807) is 19.1 Å². The number of aryl methyl sites for hydroxylation is 1. The molecule has 1 amide bonds. The Kier molecular flexibility index (Phi) is 4.29. The number of halogens is 1. The lowest BCUT2D eigenvalue weighted by Gasteiger charge is -2.26. The van der Waals surface area contributed by atoms with Gasteiger partial charge in [0.05, 0.1) is 18.6 Å². The Morgan fingerprint density at radius 1 is 1.40 bits per heavy atom. The van der Waals surface area contributed by atoms with Crippen molar-refractivity contribution in [2.24, 2.45) is 0 Å². The molecular weight excluding hydrogens is 319 g/mol. The van der Waals surface area contributed by atoms with Crippen molar-refractivity contribution in [1.82, 2.24) is 19.8 Å². The van der Waals surface area contributed by atoms with Gasteiger partial charge in [0.1, 0.15) is 5.82 Å². The SMILES string of the molecule is Cc1cc(CNC(=O)CN2CCc3c(ncn3C3CC3)C2)ccc1F. The molecule has 0 radical (unpaired) electrons. The van der Waals surface area contributed by atoms with Crippen LogP contribution in [0, 0.1) is 12.7 Å². The predicted octanol–water partition coefficient (Wildman–Crippen LogP) is 2.34. The molecule has 4 rings (SSSR count). The lowest BCUT2D eigenvalue weighted by Crippen LogP contribution is -2.40. The molecule has 1 fully saturated rings. The summed E-state index contributed by atoms with van der Waals surface area (Å²) in [4.78, 5) is 18.9. The third-order valence-corrected chi connectivity index (χ3v) is 5.04. The summed E-state index contributed by atoms with van der Waals surface area (Å²) < 4.78 is 15.6. The number of hydrogen-bond donors (Lipinski definition) is 1. The number of amides is 1. The molecular formula is C19H23FN4O. The monoisotopic (exact) mass is 342 g/mol. The van der Waals surface area contributed by atoms with Crippen LogP contribution in [-0.4, -0.2) is 33.4 Å². The van der Waals surface area contributed by atoms with E-state index in [9.17, 15) is 9.18 Å². The third kappa shape index (κ3) is 3.58. The zero-order valence-electron chi connectivity index (χ0n) is 14.5. The molecule has 1 aliphatic heterocycles. The van der Waals surface area contributed by atoms with E-state index in [4.69, 9.17) is 0 Å². The molecule has 0 unspecified atom stereocenters. The number of rotatable bonds is 5. The summed E-state index contributed by atoms with van der Waals surface area (Å²) in [5.74, 6) is -0.225. The number of fused-ring (bicyclic) bond motifs is 1. The van der Waals surface area contributed by atoms with Gasteiger partial charge in [-0.05, 0) is 37.0 Å². The number of carbonyl (C=O) groups is 1. The molecule has 0 atom stereocenters. The number of nitrogens with zero attached hydrogens (tertiary/aromatic N) is 3. The van der Waals surface area contributed by atoms with Crippen LogP contribution in [-0.2, 0) is 24.3 Å². The molecule has 2 aromatic rings. The van der Waals surface area contributed by atoms with Gasteiger partial charge in [-0.3, -0.25) is 9.69 Å². The minimum atomic E-state index is -0.218. The number of nitrogens with one attached hydrogen (secondary N) is 1. The van der Waals surface area contributed by atoms with E-state index in [-0.39, 0.29) is 11.7 Å². The van der Waals surface area contributed by atoms with Crippen LogP contribution in [0.25, 0.3) is 0 Å². The Morgan fingerprint density at radius 3 is 3.00 bits per heavy atom. The summed E-state index contributed by atoms with van der Waals surface area (Å²) in [5, 5.41) is 2.92. The van der Waals surface area contributed by atoms with Crippen LogP contribution < -0.4 is 5.32 Å². The molecule has 1 aliphatic carbocycles. The minimum Gasteiger partial charge on any atom is -0.351 e. The minimum absolute atomic E-state index is 0.00736. The van der Waals surface area contributed by atoms with E-state index in [1.165, 1.54) is 24.6 Å². The summed E-state index contributed by atoms with van der Waals surface area (Å²) in [6.45, 7) is 4.14. The van der Waals surface area contributed by atoms with Gasteiger partial charge in [-0.15, -0.1) is 0 Å². The lowest BCUT2D eigenvalue weighted by atomic mass is 10.1. The second kappa shape index (κ2) is 6.59. The highest BCUT2D eigenvalue weighted by atomic mass is 19.1. The molecule has 25 heavy (non-hydrogen) atoms. The molecule has 1 aromatic carbocycles. The summed E-state index contributed by atoms with van der Waals surface area (Å²) in [6, 6.07) is 5.58. The largest absolute Gasteiger partial charge is 0.351 e. The Morgan fingerprint density at radius 2 is 2.24 bits per heavy atom. The molecule has 2 heterocycles. The van der Waals surface area contributed by atoms with Gasteiger partial charge < -0.3 is 9.88 Å². The molecule has 5 nitrogen and oxygen atoms in total. The highest BCUT2D eigenvalue weighted by molar-refractivity contribution is 5.78. The standard InChI is InChI=1S/C19H23FN4O/c1-13-8-14(2-5-16(13)20)9-21-19(25)11-23-7-6-18-17(10-23)22-12-24(18)15-3-4-15/h2,5,8,12,15H,3-4,6-7,9-11H2,1H3,(H,21,25). The Hall–Kier alpha value is -2.21. The van der Waals surface area contributed by atoms with Crippen LogP contribution in [0.3, 0.4) is 0 Å². The second-order valence-electron chi connectivity index (χ2n) is 7.10. The van der Waals surface area contributed by atoms with E-state index in [0.29, 0.717) is 24.7 Å². The fourth-order valence-electron chi connectivity index (χ4n) is 3.46. The maximum Gasteiger partial charge on any atom is 0.234 e. The number of carbonyl (C=O) groups excluding carboxylic acids is 1. The first-order valence-electron chi connectivity index (χ1n) is 8.89. The first kappa shape index (κ1) is 16.3. The van der Waals surface area contributed by atoms with E-state index < -0.39 is 0 Å². The van der Waals surface area contributed by atoms with E-state index >= 15 is 0 Å². The normalized spacial score (nSPS) is 17.4. The Bertz CT molecular complexity index is 797. The van der Waals surface area contributed by atoms with Gasteiger partial charge in [-0.25, -0.2) is 9.37 Å². The Labute approximate surface area is 146 Å². The zero-order chi connectivity index (χ0) is 17.4. The molecule has 1 N–H and O–H groups in total. The van der Waals surface area contributed by atoms with Crippen molar-refractivity contribution in [3.05, 3.63) is 52.9 Å². The number of aromatic nitrogens is 2. The van der Waals surface area contributed by atoms with Crippen molar-refractivity contribution in [2.75, 3.05) is 13.1 Å². The maximum atomic E-state index is 13.3. The van der Waals surface area contributed by atoms with Crippen LogP contribution in [0.4, 0.5) is 4.39 Å². The quantitative estimate of drug-likeness (QED) is 0.907. The molecule has 1 aromatic heterocycles. The van der Waals surface area contributed by atoms with Crippen molar-refractivity contribution in [3.8, 4) is 0 Å². The second-order valence-corrected chi connectivity index (χ2v) is 7.10. The van der Waals surface area contributed by atoms with Crippen molar-refractivity contribution in [1.29, 1.82) is 0 Å². The average molecular weight is 342 g/mol. The molecule has 2 aliphatic rings. The summed E-state index contributed by atoms with van der Waals surface area (Å²) in [7, 11) is 0. The van der Waals surface area contributed by atoms with Gasteiger partial charge in [0.2, 0.25) is 5.91 Å². The molecule has 0 saturated heterocycles. The van der Waals surface area contributed by atoms with Gasteiger partial charge in [-0.2, -0.15) is 0 Å². The molecule has 0 spiro atoms. The van der Waals surface area contributed by atoms with Crippen molar-refractivity contribution < 1.29 is 9.18 Å². The molecule has 1 saturated carbocycles. The van der Waals surface area contributed by atoms with Crippen molar-refractivity contribution in [3.63, 3.8) is 0 Å². The van der Waals surface area contributed by atoms with Crippen LogP contribution in [0.15, 0.2) is 24.5 Å². The van der Waals surface area contributed by atoms with E-state index in [1.807, 2.05) is 6.33 Å². The third-order valence-electron chi connectivity index (χ3n) is 5.04. The van der Waals surface area contributed by atoms with Crippen LogP contribution in [0.2, 0.25) is 0 Å². The van der Waals surface area contributed by atoms with Crippen LogP contribution in [0.5, 0.6) is 0 Å². The van der Waals surface area contributed by atoms with Gasteiger partial charge >= 0.3 is 0 Å². The maximum absolute atomic E-state index is 13.3. The van der Waals surface area contributed by atoms with Gasteiger partial charge in [0.15, 0.2) is 0 Å². The first-order valence-corrected chi connectivity index (χ1v) is 8.89. The van der Waals surface area contributed by atoms with Gasteiger partial charge in [0, 0.05) is 37.8 Å². The van der Waals surface area contributed by atoms with Crippen LogP contribution >= 0.6 is 0 Å². The van der Waals surface area contributed by atoms with E-state index in [2.05, 4.69) is 19.8 Å². The Balaban J connectivity index is 1.30. The highest BCUT2D eigenvalue weighted by Gasteiger charge is 2.29. The van der Waals surface area contributed by atoms with Crippen LogP contribution in [0.1, 0.15) is 41.4 Å². The fourth-order valence-corrected chi connectivity index (χ4v) is 3.46. The van der Waals surface area contributed by atoms with E-state index in [0.717, 1.165) is 30.8 Å². The lowest BCUT2D eigenvalue weighted by molar-refractivity contribution is -0.122. The fraction of sp³-hybridized carbons (Fsp3) is 0.474. The summed E-state index contributed by atoms with van der Waals surface area (Å²) >= 11 is 0. The number of imidazole rings is 1. The molecule has 132 valence electrons.